The first-order valence-electron chi connectivity index (χ1n) is 10.3. The van der Waals surface area contributed by atoms with E-state index in [-0.39, 0.29) is 12.4 Å². The van der Waals surface area contributed by atoms with E-state index >= 15 is 0 Å². The van der Waals surface area contributed by atoms with Gasteiger partial charge in [-0.25, -0.2) is 0 Å². The van der Waals surface area contributed by atoms with Gasteiger partial charge in [-0.05, 0) is 74.5 Å². The van der Waals surface area contributed by atoms with E-state index in [1.165, 1.54) is 42.4 Å². The highest BCUT2D eigenvalue weighted by Crippen LogP contribution is 2.35. The smallest absolute Gasteiger partial charge is 0.136 e. The van der Waals surface area contributed by atoms with Crippen LogP contribution in [-0.2, 0) is 12.3 Å². The molecule has 0 aromatic heterocycles. The minimum Gasteiger partial charge on any atom is -0.358 e. The largest absolute Gasteiger partial charge is 0.358 e. The Kier molecular flexibility index (Phi) is 10.5. The van der Waals surface area contributed by atoms with E-state index in [1.54, 1.807) is 11.8 Å². The lowest BCUT2D eigenvalue weighted by molar-refractivity contribution is 0.267. The third kappa shape index (κ3) is 7.42. The average molecular weight is 484 g/mol. The van der Waals surface area contributed by atoms with Gasteiger partial charge in [-0.15, -0.1) is 12.4 Å². The lowest BCUT2D eigenvalue weighted by atomic mass is 9.81. The fourth-order valence-electron chi connectivity index (χ4n) is 4.03. The first-order chi connectivity index (χ1) is 13.9. The number of rotatable bonds is 6. The molecule has 2 aromatic carbocycles. The van der Waals surface area contributed by atoms with E-state index in [4.69, 9.17) is 23.8 Å². The fraction of sp³-hybridized carbons (Fsp3) is 0.458. The van der Waals surface area contributed by atoms with Gasteiger partial charge >= 0.3 is 0 Å². The average Bonchev–Trinajstić information content (AvgIpc) is 2.73. The number of halogens is 2. The zero-order valence-corrected chi connectivity index (χ0v) is 21.2. The first kappa shape index (κ1) is 25.5. The lowest BCUT2D eigenvalue weighted by Gasteiger charge is -2.36. The molecule has 0 spiro atoms. The summed E-state index contributed by atoms with van der Waals surface area (Å²) in [5.74, 6) is 1.58. The first-order valence-corrected chi connectivity index (χ1v) is 12.1. The molecule has 1 aliphatic rings. The molecule has 0 atom stereocenters. The number of hydrogen-bond acceptors (Lipinski definition) is 3. The number of nitrogens with zero attached hydrogens (tertiary/aromatic N) is 2. The molecule has 2 nitrogen and oxygen atoms in total. The van der Waals surface area contributed by atoms with Crippen molar-refractivity contribution in [1.29, 1.82) is 0 Å². The monoisotopic (exact) mass is 482 g/mol. The van der Waals surface area contributed by atoms with Gasteiger partial charge in [0.25, 0.3) is 0 Å². The van der Waals surface area contributed by atoms with Gasteiger partial charge in [-0.1, -0.05) is 72.0 Å². The van der Waals surface area contributed by atoms with Crippen molar-refractivity contribution in [1.82, 2.24) is 9.80 Å². The molecule has 0 heterocycles. The topological polar surface area (TPSA) is 6.48 Å². The third-order valence-corrected chi connectivity index (χ3v) is 7.66. The summed E-state index contributed by atoms with van der Waals surface area (Å²) < 4.78 is 0.997. The molecule has 0 N–H and O–H groups in total. The van der Waals surface area contributed by atoms with Gasteiger partial charge < -0.3 is 9.80 Å². The Hall–Kier alpha value is -0.780. The molecular weight excluding hydrogens is 451 g/mol. The van der Waals surface area contributed by atoms with Gasteiger partial charge in [0, 0.05) is 30.4 Å². The van der Waals surface area contributed by atoms with Crippen LogP contribution in [0.5, 0.6) is 0 Å². The van der Waals surface area contributed by atoms with Gasteiger partial charge in [0.05, 0.1) is 0 Å². The highest BCUT2D eigenvalue weighted by atomic mass is 35.5. The molecule has 30 heavy (non-hydrogen) atoms. The van der Waals surface area contributed by atoms with Crippen molar-refractivity contribution in [3.63, 3.8) is 0 Å². The summed E-state index contributed by atoms with van der Waals surface area (Å²) in [6.07, 6.45) is 4.91. The molecule has 1 fully saturated rings. The second-order valence-electron chi connectivity index (χ2n) is 8.28. The number of thioether (sulfide) groups is 1. The molecule has 1 saturated carbocycles. The maximum absolute atomic E-state index is 5.97. The van der Waals surface area contributed by atoms with Crippen LogP contribution in [0.3, 0.4) is 0 Å². The SMILES string of the molecule is CN(C)Cc1ccc(C2CCC(N(C)C(=S)SCc3ccc(Cl)cc3)CC2)cc1.Cl. The van der Waals surface area contributed by atoms with Crippen LogP contribution in [0.1, 0.15) is 48.3 Å². The van der Waals surface area contributed by atoms with E-state index in [0.29, 0.717) is 12.0 Å². The number of hydrogen-bond donors (Lipinski definition) is 0. The summed E-state index contributed by atoms with van der Waals surface area (Å²) in [7, 11) is 6.39. The van der Waals surface area contributed by atoms with Gasteiger partial charge in [0.15, 0.2) is 0 Å². The van der Waals surface area contributed by atoms with Crippen LogP contribution in [0.2, 0.25) is 5.02 Å². The van der Waals surface area contributed by atoms with Crippen molar-refractivity contribution in [3.05, 3.63) is 70.2 Å². The molecule has 6 heteroatoms. The van der Waals surface area contributed by atoms with E-state index < -0.39 is 0 Å². The Morgan fingerprint density at radius 3 is 2.07 bits per heavy atom. The quantitative estimate of drug-likeness (QED) is 0.408. The molecule has 0 radical (unpaired) electrons. The predicted octanol–water partition coefficient (Wildman–Crippen LogP) is 7.00. The molecule has 1 aliphatic carbocycles. The lowest BCUT2D eigenvalue weighted by Crippen LogP contribution is -2.37. The van der Waals surface area contributed by atoms with Gasteiger partial charge in [0.2, 0.25) is 0 Å². The standard InChI is InChI=1S/C24H31ClN2S2.ClH/c1-26(2)16-18-4-8-20(9-5-18)21-10-14-23(15-11-21)27(3)24(28)29-17-19-6-12-22(25)13-7-19;/h4-9,12-13,21,23H,10-11,14-17H2,1-3H3;1H. The zero-order chi connectivity index (χ0) is 20.8. The highest BCUT2D eigenvalue weighted by molar-refractivity contribution is 8.22. The number of thiocarbonyl (C=S) groups is 1. The molecule has 0 unspecified atom stereocenters. The predicted molar refractivity (Wildman–Crippen MR) is 139 cm³/mol. The van der Waals surface area contributed by atoms with Gasteiger partial charge in [-0.3, -0.25) is 0 Å². The summed E-state index contributed by atoms with van der Waals surface area (Å²) in [6.45, 7) is 1.00. The Bertz CT molecular complexity index is 786. The van der Waals surface area contributed by atoms with Crippen molar-refractivity contribution in [2.75, 3.05) is 21.1 Å². The summed E-state index contributed by atoms with van der Waals surface area (Å²) in [4.78, 5) is 4.54. The summed E-state index contributed by atoms with van der Waals surface area (Å²) in [5, 5.41) is 0.780. The summed E-state index contributed by atoms with van der Waals surface area (Å²) in [5.41, 5.74) is 4.14. The zero-order valence-electron chi connectivity index (χ0n) is 18.0. The van der Waals surface area contributed by atoms with E-state index in [9.17, 15) is 0 Å². The Morgan fingerprint density at radius 1 is 0.933 bits per heavy atom. The molecule has 0 amide bonds. The minimum atomic E-state index is 0. The van der Waals surface area contributed by atoms with E-state index in [1.807, 2.05) is 12.1 Å². The van der Waals surface area contributed by atoms with Crippen LogP contribution in [0.15, 0.2) is 48.5 Å². The Labute approximate surface area is 202 Å². The fourth-order valence-corrected chi connectivity index (χ4v) is 5.32. The van der Waals surface area contributed by atoms with Crippen LogP contribution >= 0.6 is 48.0 Å². The Morgan fingerprint density at radius 2 is 1.50 bits per heavy atom. The molecule has 164 valence electrons. The summed E-state index contributed by atoms with van der Waals surface area (Å²) >= 11 is 13.4. The molecular formula is C24H32Cl2N2S2. The van der Waals surface area contributed by atoms with Crippen LogP contribution < -0.4 is 0 Å². The van der Waals surface area contributed by atoms with Crippen molar-refractivity contribution >= 4 is 52.3 Å². The second kappa shape index (κ2) is 12.3. The van der Waals surface area contributed by atoms with E-state index in [0.717, 1.165) is 21.6 Å². The van der Waals surface area contributed by atoms with Crippen molar-refractivity contribution < 1.29 is 0 Å². The van der Waals surface area contributed by atoms with E-state index in [2.05, 4.69) is 67.3 Å². The second-order valence-corrected chi connectivity index (χ2v) is 10.3. The van der Waals surface area contributed by atoms with Crippen molar-refractivity contribution in [2.24, 2.45) is 0 Å². The van der Waals surface area contributed by atoms with Crippen LogP contribution in [0, 0.1) is 0 Å². The molecule has 0 bridgehead atoms. The molecule has 0 aliphatic heterocycles. The van der Waals surface area contributed by atoms with Crippen LogP contribution in [0.25, 0.3) is 0 Å². The molecule has 2 aromatic rings. The number of benzene rings is 2. The maximum Gasteiger partial charge on any atom is 0.136 e. The molecule has 0 saturated heterocycles. The van der Waals surface area contributed by atoms with Gasteiger partial charge in [0.1, 0.15) is 4.32 Å². The normalized spacial score (nSPS) is 18.7. The third-order valence-electron chi connectivity index (χ3n) is 5.76. The maximum atomic E-state index is 5.97. The van der Waals surface area contributed by atoms with Crippen molar-refractivity contribution in [3.8, 4) is 0 Å². The minimum absolute atomic E-state index is 0. The summed E-state index contributed by atoms with van der Waals surface area (Å²) in [6, 6.07) is 17.8. The highest BCUT2D eigenvalue weighted by Gasteiger charge is 2.26. The Balaban J connectivity index is 0.00000320. The van der Waals surface area contributed by atoms with Crippen LogP contribution in [-0.4, -0.2) is 41.3 Å². The van der Waals surface area contributed by atoms with Gasteiger partial charge in [-0.2, -0.15) is 0 Å². The molecule has 3 rings (SSSR count). The van der Waals surface area contributed by atoms with Crippen LogP contribution in [0.4, 0.5) is 0 Å². The van der Waals surface area contributed by atoms with Crippen molar-refractivity contribution in [2.45, 2.75) is 49.9 Å².